The molecule has 5 rings (SSSR count). The third kappa shape index (κ3) is 3.80. The monoisotopic (exact) mass is 438 g/mol. The van der Waals surface area contributed by atoms with Gasteiger partial charge in [0.25, 0.3) is 11.8 Å². The van der Waals surface area contributed by atoms with Gasteiger partial charge in [-0.2, -0.15) is 0 Å². The molecule has 0 spiro atoms. The molecule has 0 radical (unpaired) electrons. The molecule has 0 fully saturated rings. The normalized spacial score (nSPS) is 15.6. The van der Waals surface area contributed by atoms with E-state index in [0.717, 1.165) is 17.9 Å². The van der Waals surface area contributed by atoms with Gasteiger partial charge in [0, 0.05) is 12.2 Å². The lowest BCUT2D eigenvalue weighted by Crippen LogP contribution is -2.34. The third-order valence-electron chi connectivity index (χ3n) is 5.96. The van der Waals surface area contributed by atoms with Crippen LogP contribution in [0, 0.1) is 5.92 Å². The molecule has 0 unspecified atom stereocenters. The molecule has 2 amide bonds. The van der Waals surface area contributed by atoms with Gasteiger partial charge in [-0.25, -0.2) is 4.90 Å². The Balaban J connectivity index is 1.59. The fraction of sp³-hybridized carbons (Fsp3) is 0.214. The molecule has 3 aromatic rings. The highest BCUT2D eigenvalue weighted by Crippen LogP contribution is 2.40. The second-order valence-corrected chi connectivity index (χ2v) is 8.76. The average molecular weight is 439 g/mol. The van der Waals surface area contributed by atoms with Crippen LogP contribution in [0.15, 0.2) is 84.6 Å². The zero-order valence-corrected chi connectivity index (χ0v) is 18.8. The van der Waals surface area contributed by atoms with Crippen LogP contribution in [0.2, 0.25) is 0 Å². The molecular formula is C28H26N2O3. The molecule has 0 aliphatic carbocycles. The first-order valence-electron chi connectivity index (χ1n) is 11.3. The maximum atomic E-state index is 13.7. The number of para-hydroxylation sites is 2. The first kappa shape index (κ1) is 21.0. The van der Waals surface area contributed by atoms with Gasteiger partial charge in [-0.3, -0.25) is 9.59 Å². The maximum absolute atomic E-state index is 13.7. The Morgan fingerprint density at radius 2 is 1.55 bits per heavy atom. The Morgan fingerprint density at radius 1 is 0.848 bits per heavy atom. The van der Waals surface area contributed by atoms with Crippen molar-refractivity contribution in [2.45, 2.75) is 20.3 Å². The van der Waals surface area contributed by atoms with Crippen LogP contribution in [0.3, 0.4) is 0 Å². The summed E-state index contributed by atoms with van der Waals surface area (Å²) in [6, 6.07) is 24.6. The summed E-state index contributed by atoms with van der Waals surface area (Å²) in [5.74, 6) is 0.569. The van der Waals surface area contributed by atoms with Gasteiger partial charge in [0.2, 0.25) is 0 Å². The molecule has 0 atom stereocenters. The Morgan fingerprint density at radius 3 is 2.27 bits per heavy atom. The number of anilines is 2. The minimum absolute atomic E-state index is 0.293. The van der Waals surface area contributed by atoms with Gasteiger partial charge < -0.3 is 9.64 Å². The zero-order valence-electron chi connectivity index (χ0n) is 18.8. The number of ether oxygens (including phenoxy) is 1. The summed E-state index contributed by atoms with van der Waals surface area (Å²) in [6.45, 7) is 5.48. The first-order chi connectivity index (χ1) is 16.0. The highest BCUT2D eigenvalue weighted by molar-refractivity contribution is 6.46. The topological polar surface area (TPSA) is 49.9 Å². The standard InChI is InChI=1S/C28H26N2O3/c1-19(2)18-33-23-14-12-21(13-15-23)25-26(29-17-16-20-8-6-7-11-24(20)29)28(32)30(27(25)31)22-9-4-3-5-10-22/h3-15,19H,16-18H2,1-2H3. The molecule has 3 aromatic carbocycles. The lowest BCUT2D eigenvalue weighted by molar-refractivity contribution is -0.120. The van der Waals surface area contributed by atoms with Crippen LogP contribution in [0.5, 0.6) is 5.75 Å². The van der Waals surface area contributed by atoms with Gasteiger partial charge >= 0.3 is 0 Å². The highest BCUT2D eigenvalue weighted by Gasteiger charge is 2.44. The lowest BCUT2D eigenvalue weighted by Gasteiger charge is -2.21. The summed E-state index contributed by atoms with van der Waals surface area (Å²) in [7, 11) is 0. The Kier molecular flexibility index (Phi) is 5.47. The van der Waals surface area contributed by atoms with Crippen LogP contribution in [-0.2, 0) is 16.0 Å². The van der Waals surface area contributed by atoms with E-state index in [1.807, 2.05) is 65.6 Å². The number of benzene rings is 3. The fourth-order valence-electron chi connectivity index (χ4n) is 4.39. The van der Waals surface area contributed by atoms with E-state index in [4.69, 9.17) is 4.74 Å². The number of rotatable bonds is 6. The molecule has 0 aromatic heterocycles. The molecule has 2 aliphatic rings. The van der Waals surface area contributed by atoms with E-state index in [0.29, 0.717) is 41.6 Å². The van der Waals surface area contributed by atoms with Gasteiger partial charge in [-0.05, 0) is 53.8 Å². The number of imide groups is 1. The quantitative estimate of drug-likeness (QED) is 0.504. The van der Waals surface area contributed by atoms with Crippen molar-refractivity contribution in [1.29, 1.82) is 0 Å². The highest BCUT2D eigenvalue weighted by atomic mass is 16.5. The second kappa shape index (κ2) is 8.58. The van der Waals surface area contributed by atoms with Crippen molar-refractivity contribution in [2.24, 2.45) is 5.92 Å². The summed E-state index contributed by atoms with van der Waals surface area (Å²) in [4.78, 5) is 30.7. The SMILES string of the molecule is CC(C)COc1ccc(C2=C(N3CCc4ccccc43)C(=O)N(c3ccccc3)C2=O)cc1. The number of fused-ring (bicyclic) bond motifs is 1. The fourth-order valence-corrected chi connectivity index (χ4v) is 4.39. The average Bonchev–Trinajstić information content (AvgIpc) is 3.36. The van der Waals surface area contributed by atoms with E-state index >= 15 is 0 Å². The van der Waals surface area contributed by atoms with Crippen molar-refractivity contribution in [2.75, 3.05) is 23.0 Å². The predicted octanol–water partition coefficient (Wildman–Crippen LogP) is 5.07. The van der Waals surface area contributed by atoms with Gasteiger partial charge in [0.05, 0.1) is 17.9 Å². The van der Waals surface area contributed by atoms with Crippen LogP contribution in [0.1, 0.15) is 25.0 Å². The van der Waals surface area contributed by atoms with Crippen LogP contribution < -0.4 is 14.5 Å². The summed E-state index contributed by atoms with van der Waals surface area (Å²) in [5, 5.41) is 0. The Bertz CT molecular complexity index is 1230. The predicted molar refractivity (Wildman–Crippen MR) is 130 cm³/mol. The minimum atomic E-state index is -0.304. The van der Waals surface area contributed by atoms with Gasteiger partial charge in [-0.1, -0.05) is 62.4 Å². The van der Waals surface area contributed by atoms with Crippen molar-refractivity contribution in [3.63, 3.8) is 0 Å². The number of amides is 2. The van der Waals surface area contributed by atoms with E-state index in [2.05, 4.69) is 19.9 Å². The van der Waals surface area contributed by atoms with Crippen molar-refractivity contribution >= 4 is 28.8 Å². The minimum Gasteiger partial charge on any atom is -0.493 e. The van der Waals surface area contributed by atoms with Crippen LogP contribution >= 0.6 is 0 Å². The second-order valence-electron chi connectivity index (χ2n) is 8.76. The van der Waals surface area contributed by atoms with E-state index in [1.54, 1.807) is 12.1 Å². The Labute approximate surface area is 193 Å². The van der Waals surface area contributed by atoms with E-state index in [1.165, 1.54) is 10.5 Å². The number of carbonyl (C=O) groups is 2. The molecule has 2 aliphatic heterocycles. The molecule has 166 valence electrons. The summed E-state index contributed by atoms with van der Waals surface area (Å²) in [6.07, 6.45) is 0.835. The summed E-state index contributed by atoms with van der Waals surface area (Å²) >= 11 is 0. The molecule has 0 saturated heterocycles. The molecule has 0 bridgehead atoms. The van der Waals surface area contributed by atoms with Crippen molar-refractivity contribution in [3.8, 4) is 5.75 Å². The van der Waals surface area contributed by atoms with Crippen molar-refractivity contribution in [1.82, 2.24) is 0 Å². The molecule has 33 heavy (non-hydrogen) atoms. The number of nitrogens with zero attached hydrogens (tertiary/aromatic N) is 2. The molecule has 5 nitrogen and oxygen atoms in total. The lowest BCUT2D eigenvalue weighted by atomic mass is 10.0. The number of hydrogen-bond donors (Lipinski definition) is 0. The van der Waals surface area contributed by atoms with E-state index in [-0.39, 0.29) is 11.8 Å². The third-order valence-corrected chi connectivity index (χ3v) is 5.96. The Hall–Kier alpha value is -3.86. The van der Waals surface area contributed by atoms with Gasteiger partial charge in [0.1, 0.15) is 11.4 Å². The molecule has 5 heteroatoms. The smallest absolute Gasteiger partial charge is 0.282 e. The molecule has 0 N–H and O–H groups in total. The van der Waals surface area contributed by atoms with Crippen molar-refractivity contribution < 1.29 is 14.3 Å². The molecule has 2 heterocycles. The number of hydrogen-bond acceptors (Lipinski definition) is 4. The first-order valence-corrected chi connectivity index (χ1v) is 11.3. The number of carbonyl (C=O) groups excluding carboxylic acids is 2. The van der Waals surface area contributed by atoms with Crippen LogP contribution in [0.4, 0.5) is 11.4 Å². The van der Waals surface area contributed by atoms with Crippen LogP contribution in [0.25, 0.3) is 5.57 Å². The van der Waals surface area contributed by atoms with Crippen molar-refractivity contribution in [3.05, 3.63) is 95.7 Å². The summed E-state index contributed by atoms with van der Waals surface area (Å²) in [5.41, 5.74) is 4.31. The zero-order chi connectivity index (χ0) is 22.9. The van der Waals surface area contributed by atoms with E-state index in [9.17, 15) is 9.59 Å². The summed E-state index contributed by atoms with van der Waals surface area (Å²) < 4.78 is 5.81. The van der Waals surface area contributed by atoms with Gasteiger partial charge in [0.15, 0.2) is 0 Å². The largest absolute Gasteiger partial charge is 0.493 e. The maximum Gasteiger partial charge on any atom is 0.282 e. The molecule has 0 saturated carbocycles. The van der Waals surface area contributed by atoms with Gasteiger partial charge in [-0.15, -0.1) is 0 Å². The van der Waals surface area contributed by atoms with E-state index < -0.39 is 0 Å². The molecular weight excluding hydrogens is 412 g/mol. The van der Waals surface area contributed by atoms with Crippen LogP contribution in [-0.4, -0.2) is 25.0 Å².